The van der Waals surface area contributed by atoms with Crippen molar-refractivity contribution in [2.75, 3.05) is 5.32 Å². The summed E-state index contributed by atoms with van der Waals surface area (Å²) >= 11 is 0. The fourth-order valence-corrected chi connectivity index (χ4v) is 1.38. The van der Waals surface area contributed by atoms with Crippen molar-refractivity contribution in [3.05, 3.63) is 35.9 Å². The van der Waals surface area contributed by atoms with Crippen LogP contribution in [0, 0.1) is 0 Å². The van der Waals surface area contributed by atoms with Crippen molar-refractivity contribution in [2.45, 2.75) is 12.6 Å². The summed E-state index contributed by atoms with van der Waals surface area (Å²) in [6.45, 7) is 2.06. The maximum Gasteiger partial charge on any atom is 0.184 e. The van der Waals surface area contributed by atoms with Crippen molar-refractivity contribution < 1.29 is 5.73 Å². The van der Waals surface area contributed by atoms with E-state index in [-0.39, 0.29) is 5.66 Å². The van der Waals surface area contributed by atoms with Gasteiger partial charge in [0.2, 0.25) is 0 Å². The average Bonchev–Trinajstić information content (AvgIpc) is 2.02. The van der Waals surface area contributed by atoms with E-state index >= 15 is 0 Å². The normalized spacial score (nSPS) is 26.2. The maximum atomic E-state index is 4.03. The zero-order chi connectivity index (χ0) is 8.60. The summed E-state index contributed by atoms with van der Waals surface area (Å²) in [7, 11) is 0. The van der Waals surface area contributed by atoms with Crippen molar-refractivity contribution in [2.24, 2.45) is 0 Å². The number of quaternary nitrogens is 1. The monoisotopic (exact) mass is 161 g/mol. The minimum absolute atomic E-state index is 0.158. The number of nitrogens with one attached hydrogen (secondary N) is 1. The van der Waals surface area contributed by atoms with Crippen LogP contribution in [-0.2, 0) is 0 Å². The van der Waals surface area contributed by atoms with Gasteiger partial charge in [-0.05, 0) is 23.8 Å². The predicted molar refractivity (Wildman–Crippen MR) is 50.4 cm³/mol. The first kappa shape index (κ1) is 7.37. The average molecular weight is 161 g/mol. The predicted octanol–water partition coefficient (Wildman–Crippen LogP) is 1.08. The smallest absolute Gasteiger partial charge is 0.184 e. The highest BCUT2D eigenvalue weighted by Crippen LogP contribution is 2.23. The molecule has 1 aliphatic heterocycles. The van der Waals surface area contributed by atoms with Crippen molar-refractivity contribution in [1.29, 1.82) is 0 Å². The molecule has 1 aromatic carbocycles. The van der Waals surface area contributed by atoms with Crippen LogP contribution in [0.3, 0.4) is 0 Å². The third kappa shape index (κ3) is 1.21. The number of anilines is 1. The number of fused-ring (bicyclic) bond motifs is 1. The second-order valence-electron chi connectivity index (χ2n) is 3.46. The minimum atomic E-state index is -0.158. The Hall–Kier alpha value is -1.28. The topological polar surface area (TPSA) is 39.7 Å². The summed E-state index contributed by atoms with van der Waals surface area (Å²) in [4.78, 5) is 0. The molecule has 0 bridgehead atoms. The molecule has 4 N–H and O–H groups in total. The Morgan fingerprint density at radius 2 is 2.08 bits per heavy atom. The Bertz CT molecular complexity index is 326. The third-order valence-corrected chi connectivity index (χ3v) is 2.01. The quantitative estimate of drug-likeness (QED) is 0.587. The van der Waals surface area contributed by atoms with Gasteiger partial charge in [0.15, 0.2) is 5.66 Å². The Labute approximate surface area is 72.1 Å². The van der Waals surface area contributed by atoms with Gasteiger partial charge < -0.3 is 11.1 Å². The fraction of sp³-hybridized carbons (Fsp3) is 0.200. The lowest BCUT2D eigenvalue weighted by Crippen LogP contribution is -2.74. The summed E-state index contributed by atoms with van der Waals surface area (Å²) in [6.07, 6.45) is 4.19. The Kier molecular flexibility index (Phi) is 1.45. The van der Waals surface area contributed by atoms with Gasteiger partial charge in [0.1, 0.15) is 0 Å². The Morgan fingerprint density at radius 1 is 1.33 bits per heavy atom. The molecule has 0 aromatic heterocycles. The Balaban J connectivity index is 2.46. The molecular formula is C10H13N2+. The van der Waals surface area contributed by atoms with E-state index in [1.54, 1.807) is 0 Å². The van der Waals surface area contributed by atoms with Crippen molar-refractivity contribution in [3.63, 3.8) is 0 Å². The summed E-state index contributed by atoms with van der Waals surface area (Å²) in [5.41, 5.74) is 6.27. The van der Waals surface area contributed by atoms with E-state index in [0.29, 0.717) is 0 Å². The van der Waals surface area contributed by atoms with E-state index in [0.717, 1.165) is 5.69 Å². The van der Waals surface area contributed by atoms with Gasteiger partial charge in [-0.25, -0.2) is 0 Å². The van der Waals surface area contributed by atoms with Gasteiger partial charge in [0.25, 0.3) is 0 Å². The zero-order valence-corrected chi connectivity index (χ0v) is 7.17. The van der Waals surface area contributed by atoms with Crippen molar-refractivity contribution in [1.82, 2.24) is 0 Å². The van der Waals surface area contributed by atoms with Gasteiger partial charge in [-0.1, -0.05) is 18.2 Å². The van der Waals surface area contributed by atoms with Gasteiger partial charge >= 0.3 is 0 Å². The molecule has 0 spiro atoms. The molecule has 12 heavy (non-hydrogen) atoms. The van der Waals surface area contributed by atoms with Gasteiger partial charge in [-0.3, -0.25) is 0 Å². The highest BCUT2D eigenvalue weighted by atomic mass is 15.1. The van der Waals surface area contributed by atoms with Crippen LogP contribution in [-0.4, -0.2) is 5.66 Å². The van der Waals surface area contributed by atoms with E-state index in [4.69, 9.17) is 0 Å². The van der Waals surface area contributed by atoms with Gasteiger partial charge in [0.05, 0.1) is 0 Å². The second kappa shape index (κ2) is 2.35. The van der Waals surface area contributed by atoms with E-state index in [1.165, 1.54) is 5.56 Å². The molecule has 2 rings (SSSR count). The van der Waals surface area contributed by atoms with Crippen LogP contribution in [0.25, 0.3) is 6.08 Å². The van der Waals surface area contributed by atoms with Crippen LogP contribution in [0.5, 0.6) is 0 Å². The number of hydrogen-bond acceptors (Lipinski definition) is 1. The molecule has 0 aliphatic carbocycles. The highest BCUT2D eigenvalue weighted by molar-refractivity contribution is 5.71. The molecule has 0 saturated carbocycles. The van der Waals surface area contributed by atoms with Crippen LogP contribution in [0.4, 0.5) is 5.69 Å². The molecule has 0 saturated heterocycles. The second-order valence-corrected chi connectivity index (χ2v) is 3.46. The molecule has 1 aliphatic rings. The lowest BCUT2D eigenvalue weighted by atomic mass is 10.0. The highest BCUT2D eigenvalue weighted by Gasteiger charge is 2.22. The van der Waals surface area contributed by atoms with Crippen molar-refractivity contribution in [3.8, 4) is 0 Å². The summed E-state index contributed by atoms with van der Waals surface area (Å²) in [5, 5.41) is 3.34. The van der Waals surface area contributed by atoms with Crippen LogP contribution < -0.4 is 11.1 Å². The first-order chi connectivity index (χ1) is 5.67. The number of para-hydroxylation sites is 1. The first-order valence-electron chi connectivity index (χ1n) is 4.09. The molecule has 0 amide bonds. The molecule has 2 heteroatoms. The summed E-state index contributed by atoms with van der Waals surface area (Å²) < 4.78 is 0. The molecule has 1 unspecified atom stereocenters. The molecule has 62 valence electrons. The summed E-state index contributed by atoms with van der Waals surface area (Å²) in [6, 6.07) is 8.23. The van der Waals surface area contributed by atoms with Gasteiger partial charge in [-0.15, -0.1) is 0 Å². The minimum Gasteiger partial charge on any atom is -0.332 e. The first-order valence-corrected chi connectivity index (χ1v) is 4.09. The van der Waals surface area contributed by atoms with Crippen LogP contribution in [0.1, 0.15) is 12.5 Å². The lowest BCUT2D eigenvalue weighted by molar-refractivity contribution is -0.442. The molecule has 1 aromatic rings. The molecule has 2 nitrogen and oxygen atoms in total. The SMILES string of the molecule is CC1([NH3+])C=Cc2ccccc2N1. The van der Waals surface area contributed by atoms with E-state index < -0.39 is 0 Å². The van der Waals surface area contributed by atoms with Gasteiger partial charge in [-0.2, -0.15) is 0 Å². The van der Waals surface area contributed by atoms with E-state index in [9.17, 15) is 0 Å². The molecule has 0 radical (unpaired) electrons. The molecular weight excluding hydrogens is 148 g/mol. The fourth-order valence-electron chi connectivity index (χ4n) is 1.38. The molecule has 1 heterocycles. The number of rotatable bonds is 0. The van der Waals surface area contributed by atoms with Crippen LogP contribution in [0.15, 0.2) is 30.3 Å². The van der Waals surface area contributed by atoms with E-state index in [1.807, 2.05) is 12.1 Å². The van der Waals surface area contributed by atoms with Crippen molar-refractivity contribution >= 4 is 11.8 Å². The van der Waals surface area contributed by atoms with Gasteiger partial charge in [0, 0.05) is 12.6 Å². The maximum absolute atomic E-state index is 4.03. The van der Waals surface area contributed by atoms with E-state index in [2.05, 4.69) is 42.3 Å². The summed E-state index contributed by atoms with van der Waals surface area (Å²) in [5.74, 6) is 0. The zero-order valence-electron chi connectivity index (χ0n) is 7.17. The molecule has 1 atom stereocenters. The third-order valence-electron chi connectivity index (χ3n) is 2.01. The largest absolute Gasteiger partial charge is 0.332 e. The lowest BCUT2D eigenvalue weighted by Gasteiger charge is -2.25. The molecule has 0 fully saturated rings. The number of benzene rings is 1. The Morgan fingerprint density at radius 3 is 2.92 bits per heavy atom. The van der Waals surface area contributed by atoms with Crippen LogP contribution >= 0.6 is 0 Å². The standard InChI is InChI=1S/C10H12N2/c1-10(11)7-6-8-4-2-3-5-9(8)12-10/h2-7,12H,11H2,1H3/p+1. The van der Waals surface area contributed by atoms with Crippen LogP contribution in [0.2, 0.25) is 0 Å². The number of hydrogen-bond donors (Lipinski definition) is 2.